The number of para-hydroxylation sites is 1. The molecule has 2 aromatic rings. The summed E-state index contributed by atoms with van der Waals surface area (Å²) in [7, 11) is 0. The third-order valence-corrected chi connectivity index (χ3v) is 2.92. The van der Waals surface area contributed by atoms with E-state index in [1.165, 1.54) is 11.8 Å². The number of hydrogen-bond donors (Lipinski definition) is 1. The van der Waals surface area contributed by atoms with Gasteiger partial charge in [0.2, 0.25) is 0 Å². The van der Waals surface area contributed by atoms with E-state index in [9.17, 15) is 0 Å². The zero-order valence-electron chi connectivity index (χ0n) is 15.1. The Morgan fingerprint density at radius 1 is 1.05 bits per heavy atom. The summed E-state index contributed by atoms with van der Waals surface area (Å²) in [6, 6.07) is 10.2. The van der Waals surface area contributed by atoms with Gasteiger partial charge in [-0.15, -0.1) is 0 Å². The molecule has 0 radical (unpaired) electrons. The van der Waals surface area contributed by atoms with Crippen LogP contribution in [-0.4, -0.2) is 6.54 Å². The average Bonchev–Trinajstić information content (AvgIpc) is 3.01. The Bertz CT molecular complexity index is 397. The Morgan fingerprint density at radius 3 is 2.00 bits per heavy atom. The maximum absolute atomic E-state index is 5.52. The first kappa shape index (κ1) is 22.0. The van der Waals surface area contributed by atoms with Crippen LogP contribution in [0.5, 0.6) is 0 Å². The number of furan rings is 1. The van der Waals surface area contributed by atoms with Crippen LogP contribution in [-0.2, 0) is 6.42 Å². The zero-order chi connectivity index (χ0) is 16.7. The molecule has 1 aromatic carbocycles. The maximum atomic E-state index is 5.52. The van der Waals surface area contributed by atoms with Gasteiger partial charge in [-0.2, -0.15) is 0 Å². The van der Waals surface area contributed by atoms with E-state index in [0.717, 1.165) is 24.3 Å². The van der Waals surface area contributed by atoms with Gasteiger partial charge < -0.3 is 10.2 Å². The third kappa shape index (κ3) is 9.30. The maximum Gasteiger partial charge on any atom is 0.134 e. The van der Waals surface area contributed by atoms with E-state index in [-0.39, 0.29) is 0 Å². The first-order chi connectivity index (χ1) is 10.2. The fourth-order valence-electron chi connectivity index (χ4n) is 1.38. The standard InChI is InChI=1S/C10H10O.C5H13N.2C2H6/c1-2-9-7-8-5-3-4-6-10(8)11-9;1-3-5(2)4-6;2*1-2/h3-7H,2H2,1H3;5H,3-4,6H2,1-2H3;2*1-2H3. The molecule has 1 atom stereocenters. The molecule has 2 rings (SSSR count). The Kier molecular flexibility index (Phi) is 15.8. The summed E-state index contributed by atoms with van der Waals surface area (Å²) in [6.45, 7) is 15.2. The summed E-state index contributed by atoms with van der Waals surface area (Å²) in [5.41, 5.74) is 6.27. The predicted octanol–water partition coefficient (Wildman–Crippen LogP) is 6.04. The molecule has 0 fully saturated rings. The summed E-state index contributed by atoms with van der Waals surface area (Å²) >= 11 is 0. The monoisotopic (exact) mass is 293 g/mol. The molecule has 0 spiro atoms. The fourth-order valence-corrected chi connectivity index (χ4v) is 1.38. The molecule has 0 bridgehead atoms. The van der Waals surface area contributed by atoms with Crippen molar-refractivity contribution >= 4 is 11.0 Å². The lowest BCUT2D eigenvalue weighted by atomic mass is 10.1. The van der Waals surface area contributed by atoms with Gasteiger partial charge in [0.25, 0.3) is 0 Å². The normalized spacial score (nSPS) is 10.3. The highest BCUT2D eigenvalue weighted by Gasteiger charge is 1.98. The van der Waals surface area contributed by atoms with Gasteiger partial charge in [-0.25, -0.2) is 0 Å². The second-order valence-electron chi connectivity index (χ2n) is 4.35. The largest absolute Gasteiger partial charge is 0.461 e. The van der Waals surface area contributed by atoms with Crippen molar-refractivity contribution in [2.24, 2.45) is 11.7 Å². The van der Waals surface area contributed by atoms with Crippen molar-refractivity contribution in [1.82, 2.24) is 0 Å². The van der Waals surface area contributed by atoms with Gasteiger partial charge in [-0.1, -0.05) is 73.1 Å². The van der Waals surface area contributed by atoms with Crippen molar-refractivity contribution in [1.29, 1.82) is 0 Å². The van der Waals surface area contributed by atoms with E-state index >= 15 is 0 Å². The van der Waals surface area contributed by atoms with E-state index in [0.29, 0.717) is 5.92 Å². The highest BCUT2D eigenvalue weighted by Crippen LogP contribution is 2.18. The van der Waals surface area contributed by atoms with Gasteiger partial charge in [0, 0.05) is 11.8 Å². The van der Waals surface area contributed by atoms with Gasteiger partial charge in [-0.05, 0) is 24.6 Å². The summed E-state index contributed by atoms with van der Waals surface area (Å²) in [5, 5.41) is 1.20. The lowest BCUT2D eigenvalue weighted by Gasteiger charge is -1.98. The van der Waals surface area contributed by atoms with Gasteiger partial charge >= 0.3 is 0 Å². The Balaban J connectivity index is 0. The molecule has 0 aliphatic rings. The topological polar surface area (TPSA) is 39.2 Å². The van der Waals surface area contributed by atoms with Gasteiger partial charge in [0.15, 0.2) is 0 Å². The zero-order valence-corrected chi connectivity index (χ0v) is 15.1. The Hall–Kier alpha value is -1.28. The van der Waals surface area contributed by atoms with Crippen molar-refractivity contribution in [2.45, 2.75) is 61.3 Å². The van der Waals surface area contributed by atoms with E-state index in [2.05, 4.69) is 32.9 Å². The SMILES string of the molecule is CC.CC.CCC(C)CN.CCc1cc2ccccc2o1. The van der Waals surface area contributed by atoms with Crippen LogP contribution in [0.4, 0.5) is 0 Å². The van der Waals surface area contributed by atoms with Crippen LogP contribution in [0.2, 0.25) is 0 Å². The molecule has 0 amide bonds. The number of aryl methyl sites for hydroxylation is 1. The molecule has 2 heteroatoms. The smallest absolute Gasteiger partial charge is 0.134 e. The van der Waals surface area contributed by atoms with Crippen LogP contribution in [0.25, 0.3) is 11.0 Å². The van der Waals surface area contributed by atoms with Crippen molar-refractivity contribution in [2.75, 3.05) is 6.54 Å². The quantitative estimate of drug-likeness (QED) is 0.749. The van der Waals surface area contributed by atoms with E-state index in [1.807, 2.05) is 45.9 Å². The predicted molar refractivity (Wildman–Crippen MR) is 96.8 cm³/mol. The third-order valence-electron chi connectivity index (χ3n) is 2.92. The molecule has 2 nitrogen and oxygen atoms in total. The van der Waals surface area contributed by atoms with Crippen LogP contribution < -0.4 is 5.73 Å². The van der Waals surface area contributed by atoms with Crippen molar-refractivity contribution < 1.29 is 4.42 Å². The van der Waals surface area contributed by atoms with Gasteiger partial charge in [0.1, 0.15) is 11.3 Å². The highest BCUT2D eigenvalue weighted by molar-refractivity contribution is 5.77. The molecule has 0 aliphatic carbocycles. The average molecular weight is 293 g/mol. The number of hydrogen-bond acceptors (Lipinski definition) is 2. The Morgan fingerprint density at radius 2 is 1.62 bits per heavy atom. The first-order valence-electron chi connectivity index (χ1n) is 8.38. The molecule has 1 heterocycles. The summed E-state index contributed by atoms with van der Waals surface area (Å²) < 4.78 is 5.52. The molecule has 21 heavy (non-hydrogen) atoms. The van der Waals surface area contributed by atoms with Crippen LogP contribution in [0.15, 0.2) is 34.7 Å². The molecule has 1 unspecified atom stereocenters. The van der Waals surface area contributed by atoms with Crippen molar-refractivity contribution in [3.63, 3.8) is 0 Å². The lowest BCUT2D eigenvalue weighted by Crippen LogP contribution is -2.08. The molecule has 0 aliphatic heterocycles. The molecule has 0 saturated carbocycles. The van der Waals surface area contributed by atoms with Crippen molar-refractivity contribution in [3.8, 4) is 0 Å². The van der Waals surface area contributed by atoms with E-state index < -0.39 is 0 Å². The minimum absolute atomic E-state index is 0.713. The van der Waals surface area contributed by atoms with Crippen LogP contribution >= 0.6 is 0 Å². The van der Waals surface area contributed by atoms with Crippen LogP contribution in [0.1, 0.15) is 60.6 Å². The number of nitrogens with two attached hydrogens (primary N) is 1. The molecular weight excluding hydrogens is 258 g/mol. The summed E-state index contributed by atoms with van der Waals surface area (Å²) in [5.74, 6) is 1.77. The van der Waals surface area contributed by atoms with E-state index in [1.54, 1.807) is 0 Å². The second kappa shape index (κ2) is 15.1. The number of fused-ring (bicyclic) bond motifs is 1. The van der Waals surface area contributed by atoms with Crippen LogP contribution in [0.3, 0.4) is 0 Å². The van der Waals surface area contributed by atoms with Crippen molar-refractivity contribution in [3.05, 3.63) is 36.1 Å². The minimum Gasteiger partial charge on any atom is -0.461 e. The molecular formula is C19H35NO. The summed E-state index contributed by atoms with van der Waals surface area (Å²) in [6.07, 6.45) is 2.17. The number of benzene rings is 1. The van der Waals surface area contributed by atoms with Crippen LogP contribution in [0, 0.1) is 5.92 Å². The molecule has 1 aromatic heterocycles. The van der Waals surface area contributed by atoms with E-state index in [4.69, 9.17) is 10.2 Å². The minimum atomic E-state index is 0.713. The highest BCUT2D eigenvalue weighted by atomic mass is 16.3. The number of rotatable bonds is 3. The van der Waals surface area contributed by atoms with Gasteiger partial charge in [-0.3, -0.25) is 0 Å². The fraction of sp³-hybridized carbons (Fsp3) is 0.579. The molecule has 2 N–H and O–H groups in total. The summed E-state index contributed by atoms with van der Waals surface area (Å²) in [4.78, 5) is 0. The molecule has 122 valence electrons. The molecule has 0 saturated heterocycles. The lowest BCUT2D eigenvalue weighted by molar-refractivity contribution is 0.557. The van der Waals surface area contributed by atoms with Gasteiger partial charge in [0.05, 0.1) is 0 Å². The Labute approximate surface area is 131 Å². The first-order valence-corrected chi connectivity index (χ1v) is 8.38. The second-order valence-corrected chi connectivity index (χ2v) is 4.35.